The maximum Gasteiger partial charge on any atom is 0.339 e. The zero-order valence-electron chi connectivity index (χ0n) is 18.2. The second-order valence-corrected chi connectivity index (χ2v) is 8.56. The molecule has 0 aliphatic heterocycles. The molecule has 162 valence electrons. The molecule has 32 heavy (non-hydrogen) atoms. The summed E-state index contributed by atoms with van der Waals surface area (Å²) in [5, 5.41) is 3.66. The summed E-state index contributed by atoms with van der Waals surface area (Å²) in [5.41, 5.74) is 4.75. The van der Waals surface area contributed by atoms with Gasteiger partial charge < -0.3 is 10.1 Å². The number of nitrogens with one attached hydrogen (secondary N) is 1. The van der Waals surface area contributed by atoms with Crippen molar-refractivity contribution in [2.75, 3.05) is 5.32 Å². The Morgan fingerprint density at radius 3 is 2.56 bits per heavy atom. The molecule has 5 nitrogen and oxygen atoms in total. The van der Waals surface area contributed by atoms with Crippen LogP contribution in [0.1, 0.15) is 35.3 Å². The molecule has 0 bridgehead atoms. The number of carbonyl (C=O) groups excluding carboxylic acids is 2. The number of para-hydroxylation sites is 2. The highest BCUT2D eigenvalue weighted by molar-refractivity contribution is 7.21. The van der Waals surface area contributed by atoms with Crippen molar-refractivity contribution in [2.24, 2.45) is 0 Å². The molecule has 1 amide bonds. The van der Waals surface area contributed by atoms with Gasteiger partial charge in [-0.05, 0) is 49.6 Å². The third-order valence-electron chi connectivity index (χ3n) is 5.31. The van der Waals surface area contributed by atoms with E-state index in [-0.39, 0.29) is 5.91 Å². The van der Waals surface area contributed by atoms with Crippen LogP contribution in [-0.4, -0.2) is 23.0 Å². The van der Waals surface area contributed by atoms with Crippen LogP contribution in [0.2, 0.25) is 0 Å². The van der Waals surface area contributed by atoms with Gasteiger partial charge in [0.05, 0.1) is 15.8 Å². The van der Waals surface area contributed by atoms with Crippen LogP contribution >= 0.6 is 11.3 Å². The van der Waals surface area contributed by atoms with Gasteiger partial charge in [0.2, 0.25) is 0 Å². The molecular formula is C26H24N2O3S. The van der Waals surface area contributed by atoms with Gasteiger partial charge in [0.15, 0.2) is 6.10 Å². The first-order valence-corrected chi connectivity index (χ1v) is 11.3. The van der Waals surface area contributed by atoms with E-state index in [9.17, 15) is 9.59 Å². The summed E-state index contributed by atoms with van der Waals surface area (Å²) in [7, 11) is 0. The van der Waals surface area contributed by atoms with E-state index in [4.69, 9.17) is 4.74 Å². The van der Waals surface area contributed by atoms with Gasteiger partial charge in [0.25, 0.3) is 5.91 Å². The SMILES string of the molecule is CCc1cccc(C)c1NC(=O)C(C)OC(=O)c1ccccc1-c1nc2ccccc2s1. The lowest BCUT2D eigenvalue weighted by Crippen LogP contribution is -2.30. The molecule has 0 aliphatic carbocycles. The summed E-state index contributed by atoms with van der Waals surface area (Å²) in [4.78, 5) is 30.4. The molecule has 0 radical (unpaired) electrons. The van der Waals surface area contributed by atoms with Crippen LogP contribution in [0.3, 0.4) is 0 Å². The Kier molecular flexibility index (Phi) is 6.32. The van der Waals surface area contributed by atoms with Gasteiger partial charge in [-0.15, -0.1) is 11.3 Å². The maximum absolute atomic E-state index is 13.0. The van der Waals surface area contributed by atoms with E-state index in [2.05, 4.69) is 10.3 Å². The van der Waals surface area contributed by atoms with E-state index in [1.807, 2.05) is 68.4 Å². The highest BCUT2D eigenvalue weighted by Gasteiger charge is 2.23. The molecule has 1 unspecified atom stereocenters. The van der Waals surface area contributed by atoms with E-state index in [1.54, 1.807) is 19.1 Å². The lowest BCUT2D eigenvalue weighted by atomic mass is 10.1. The minimum atomic E-state index is -0.949. The molecule has 3 aromatic carbocycles. The van der Waals surface area contributed by atoms with Crippen molar-refractivity contribution in [1.29, 1.82) is 0 Å². The predicted molar refractivity (Wildman–Crippen MR) is 129 cm³/mol. The van der Waals surface area contributed by atoms with Crippen molar-refractivity contribution >= 4 is 39.1 Å². The highest BCUT2D eigenvalue weighted by atomic mass is 32.1. The average molecular weight is 445 g/mol. The van der Waals surface area contributed by atoms with Crippen molar-refractivity contribution in [1.82, 2.24) is 4.98 Å². The van der Waals surface area contributed by atoms with Crippen molar-refractivity contribution < 1.29 is 14.3 Å². The second-order valence-electron chi connectivity index (χ2n) is 7.53. The van der Waals surface area contributed by atoms with E-state index in [0.717, 1.165) is 38.5 Å². The number of aromatic nitrogens is 1. The van der Waals surface area contributed by atoms with Gasteiger partial charge in [-0.1, -0.05) is 55.5 Å². The number of fused-ring (bicyclic) bond motifs is 1. The quantitative estimate of drug-likeness (QED) is 0.369. The van der Waals surface area contributed by atoms with Gasteiger partial charge >= 0.3 is 5.97 Å². The summed E-state index contributed by atoms with van der Waals surface area (Å²) >= 11 is 1.52. The minimum absolute atomic E-state index is 0.361. The third-order valence-corrected chi connectivity index (χ3v) is 6.38. The zero-order valence-corrected chi connectivity index (χ0v) is 19.0. The van der Waals surface area contributed by atoms with Gasteiger partial charge in [0, 0.05) is 11.3 Å². The molecule has 0 fully saturated rings. The summed E-state index contributed by atoms with van der Waals surface area (Å²) in [6.07, 6.45) is -0.156. The van der Waals surface area contributed by atoms with Crippen molar-refractivity contribution in [2.45, 2.75) is 33.3 Å². The maximum atomic E-state index is 13.0. The predicted octanol–water partition coefficient (Wildman–Crippen LogP) is 6.02. The Balaban J connectivity index is 1.54. The van der Waals surface area contributed by atoms with E-state index < -0.39 is 12.1 Å². The first-order chi connectivity index (χ1) is 15.5. The van der Waals surface area contributed by atoms with Gasteiger partial charge in [-0.3, -0.25) is 4.79 Å². The van der Waals surface area contributed by atoms with Gasteiger partial charge in [-0.2, -0.15) is 0 Å². The summed E-state index contributed by atoms with van der Waals surface area (Å²) < 4.78 is 6.59. The summed E-state index contributed by atoms with van der Waals surface area (Å²) in [6, 6.07) is 20.9. The van der Waals surface area contributed by atoms with Crippen molar-refractivity contribution in [3.8, 4) is 10.6 Å². The van der Waals surface area contributed by atoms with E-state index in [1.165, 1.54) is 11.3 Å². The average Bonchev–Trinajstić information content (AvgIpc) is 3.24. The van der Waals surface area contributed by atoms with Crippen LogP contribution in [0.5, 0.6) is 0 Å². The Labute approximate surface area is 191 Å². The lowest BCUT2D eigenvalue weighted by molar-refractivity contribution is -0.123. The molecule has 1 heterocycles. The topological polar surface area (TPSA) is 68.3 Å². The van der Waals surface area contributed by atoms with Gasteiger partial charge in [0.1, 0.15) is 5.01 Å². The highest BCUT2D eigenvalue weighted by Crippen LogP contribution is 2.32. The molecular weight excluding hydrogens is 420 g/mol. The zero-order chi connectivity index (χ0) is 22.7. The number of hydrogen-bond donors (Lipinski definition) is 1. The molecule has 4 rings (SSSR count). The molecule has 1 N–H and O–H groups in total. The molecule has 0 aliphatic rings. The first kappa shape index (κ1) is 21.7. The van der Waals surface area contributed by atoms with Crippen LogP contribution < -0.4 is 5.32 Å². The molecule has 1 aromatic heterocycles. The third kappa shape index (κ3) is 4.41. The second kappa shape index (κ2) is 9.32. The van der Waals surface area contributed by atoms with Crippen molar-refractivity contribution in [3.05, 3.63) is 83.4 Å². The van der Waals surface area contributed by atoms with E-state index >= 15 is 0 Å². The number of thiazole rings is 1. The molecule has 1 atom stereocenters. The largest absolute Gasteiger partial charge is 0.449 e. The fourth-order valence-electron chi connectivity index (χ4n) is 3.54. The molecule has 4 aromatic rings. The summed E-state index contributed by atoms with van der Waals surface area (Å²) in [6.45, 7) is 5.56. The van der Waals surface area contributed by atoms with Crippen LogP contribution in [0.15, 0.2) is 66.7 Å². The number of nitrogens with zero attached hydrogens (tertiary/aromatic N) is 1. The summed E-state index contributed by atoms with van der Waals surface area (Å²) in [5.74, 6) is -0.914. The fourth-order valence-corrected chi connectivity index (χ4v) is 4.54. The number of anilines is 1. The molecule has 0 spiro atoms. The number of rotatable bonds is 6. The number of carbonyl (C=O) groups is 2. The fraction of sp³-hybridized carbons (Fsp3) is 0.192. The number of hydrogen-bond acceptors (Lipinski definition) is 5. The minimum Gasteiger partial charge on any atom is -0.449 e. The van der Waals surface area contributed by atoms with Crippen molar-refractivity contribution in [3.63, 3.8) is 0 Å². The Morgan fingerprint density at radius 2 is 1.78 bits per heavy atom. The smallest absolute Gasteiger partial charge is 0.339 e. The van der Waals surface area contributed by atoms with Gasteiger partial charge in [-0.25, -0.2) is 9.78 Å². The number of ether oxygens (including phenoxy) is 1. The standard InChI is InChI=1S/C26H24N2O3S/c1-4-18-11-9-10-16(2)23(18)28-24(29)17(3)31-26(30)20-13-6-5-12-19(20)25-27-21-14-7-8-15-22(21)32-25/h5-15,17H,4H2,1-3H3,(H,28,29). The van der Waals surface area contributed by atoms with Crippen LogP contribution in [0.4, 0.5) is 5.69 Å². The Bertz CT molecular complexity index is 1260. The Hall–Kier alpha value is -3.51. The van der Waals surface area contributed by atoms with Crippen LogP contribution in [0.25, 0.3) is 20.8 Å². The number of amides is 1. The lowest BCUT2D eigenvalue weighted by Gasteiger charge is -2.17. The molecule has 0 saturated carbocycles. The molecule has 0 saturated heterocycles. The monoisotopic (exact) mass is 444 g/mol. The van der Waals surface area contributed by atoms with Crippen LogP contribution in [0, 0.1) is 6.92 Å². The normalized spacial score (nSPS) is 11.8. The first-order valence-electron chi connectivity index (χ1n) is 10.5. The molecule has 6 heteroatoms. The number of aryl methyl sites for hydroxylation is 2. The van der Waals surface area contributed by atoms with E-state index in [0.29, 0.717) is 11.1 Å². The Morgan fingerprint density at radius 1 is 1.03 bits per heavy atom. The van der Waals surface area contributed by atoms with Crippen LogP contribution in [-0.2, 0) is 16.0 Å². The number of esters is 1. The number of benzene rings is 3.